The Morgan fingerprint density at radius 1 is 1.24 bits per heavy atom. The highest BCUT2D eigenvalue weighted by atomic mass is 16.5. The Bertz CT molecular complexity index is 766. The van der Waals surface area contributed by atoms with E-state index in [2.05, 4.69) is 10.3 Å². The van der Waals surface area contributed by atoms with Crippen LogP contribution in [0.2, 0.25) is 0 Å². The lowest BCUT2D eigenvalue weighted by molar-refractivity contribution is 0.0602. The van der Waals surface area contributed by atoms with Crippen LogP contribution in [0.3, 0.4) is 0 Å². The van der Waals surface area contributed by atoms with Gasteiger partial charge in [-0.05, 0) is 12.1 Å². The van der Waals surface area contributed by atoms with E-state index in [0.717, 1.165) is 16.5 Å². The number of aromatic nitrogens is 1. The number of pyridine rings is 1. The van der Waals surface area contributed by atoms with E-state index in [1.807, 2.05) is 36.4 Å². The van der Waals surface area contributed by atoms with Crippen LogP contribution in [0.25, 0.3) is 10.8 Å². The fraction of sp³-hybridized carbons (Fsp3) is 0.125. The number of esters is 1. The van der Waals surface area contributed by atoms with Crippen molar-refractivity contribution < 1.29 is 13.9 Å². The van der Waals surface area contributed by atoms with Gasteiger partial charge in [0, 0.05) is 17.0 Å². The zero-order valence-corrected chi connectivity index (χ0v) is 11.5. The number of carbonyl (C=O) groups is 1. The summed E-state index contributed by atoms with van der Waals surface area (Å²) in [4.78, 5) is 16.1. The molecule has 0 atom stereocenters. The van der Waals surface area contributed by atoms with Crippen molar-refractivity contribution in [3.05, 3.63) is 60.2 Å². The molecule has 3 rings (SSSR count). The first-order chi connectivity index (χ1) is 10.3. The quantitative estimate of drug-likeness (QED) is 0.744. The maximum atomic E-state index is 11.8. The molecular formula is C16H14N2O3. The van der Waals surface area contributed by atoms with Crippen LogP contribution in [0.4, 0.5) is 5.82 Å². The zero-order valence-electron chi connectivity index (χ0n) is 11.5. The SMILES string of the molecule is COC(=O)c1cnc(NCc2ccco2)c2ccccc12. The van der Waals surface area contributed by atoms with E-state index >= 15 is 0 Å². The lowest BCUT2D eigenvalue weighted by atomic mass is 10.1. The molecule has 0 unspecified atom stereocenters. The lowest BCUT2D eigenvalue weighted by Crippen LogP contribution is -2.06. The largest absolute Gasteiger partial charge is 0.467 e. The second-order valence-electron chi connectivity index (χ2n) is 4.49. The molecule has 0 aliphatic rings. The van der Waals surface area contributed by atoms with E-state index in [4.69, 9.17) is 9.15 Å². The van der Waals surface area contributed by atoms with Crippen LogP contribution in [0.15, 0.2) is 53.3 Å². The maximum absolute atomic E-state index is 11.8. The third-order valence-electron chi connectivity index (χ3n) is 3.21. The van der Waals surface area contributed by atoms with Gasteiger partial charge in [-0.3, -0.25) is 0 Å². The van der Waals surface area contributed by atoms with Crippen molar-refractivity contribution in [1.82, 2.24) is 4.98 Å². The predicted octanol–water partition coefficient (Wildman–Crippen LogP) is 3.23. The summed E-state index contributed by atoms with van der Waals surface area (Å²) in [6.07, 6.45) is 3.15. The molecule has 3 aromatic rings. The number of furan rings is 1. The fourth-order valence-electron chi connectivity index (χ4n) is 2.19. The highest BCUT2D eigenvalue weighted by Crippen LogP contribution is 2.25. The molecule has 0 saturated heterocycles. The third-order valence-corrected chi connectivity index (χ3v) is 3.21. The van der Waals surface area contributed by atoms with Crippen LogP contribution in [-0.2, 0) is 11.3 Å². The van der Waals surface area contributed by atoms with E-state index in [9.17, 15) is 4.79 Å². The standard InChI is InChI=1S/C16H14N2O3/c1-20-16(19)14-10-18-15(13-7-3-2-6-12(13)14)17-9-11-5-4-8-21-11/h2-8,10H,9H2,1H3,(H,17,18). The Hall–Kier alpha value is -2.82. The van der Waals surface area contributed by atoms with Gasteiger partial charge in [0.2, 0.25) is 0 Å². The summed E-state index contributed by atoms with van der Waals surface area (Å²) in [6.45, 7) is 0.529. The van der Waals surface area contributed by atoms with Gasteiger partial charge in [-0.15, -0.1) is 0 Å². The smallest absolute Gasteiger partial charge is 0.340 e. The number of benzene rings is 1. The summed E-state index contributed by atoms with van der Waals surface area (Å²) < 4.78 is 10.1. The van der Waals surface area contributed by atoms with E-state index in [1.165, 1.54) is 13.3 Å². The van der Waals surface area contributed by atoms with Crippen molar-refractivity contribution in [2.45, 2.75) is 6.54 Å². The molecule has 0 fully saturated rings. The summed E-state index contributed by atoms with van der Waals surface area (Å²) in [5, 5.41) is 4.89. The summed E-state index contributed by atoms with van der Waals surface area (Å²) in [5.74, 6) is 1.13. The molecule has 2 aromatic heterocycles. The maximum Gasteiger partial charge on any atom is 0.340 e. The van der Waals surface area contributed by atoms with Crippen molar-refractivity contribution in [2.24, 2.45) is 0 Å². The highest BCUT2D eigenvalue weighted by Gasteiger charge is 2.13. The molecule has 0 aliphatic carbocycles. The zero-order chi connectivity index (χ0) is 14.7. The van der Waals surface area contributed by atoms with E-state index in [0.29, 0.717) is 17.9 Å². The van der Waals surface area contributed by atoms with Crippen LogP contribution in [0.5, 0.6) is 0 Å². The predicted molar refractivity (Wildman–Crippen MR) is 79.1 cm³/mol. The average Bonchev–Trinajstić information content (AvgIpc) is 3.05. The van der Waals surface area contributed by atoms with Crippen molar-refractivity contribution >= 4 is 22.6 Å². The number of methoxy groups -OCH3 is 1. The molecule has 2 heterocycles. The molecule has 21 heavy (non-hydrogen) atoms. The Labute approximate surface area is 121 Å². The molecule has 5 nitrogen and oxygen atoms in total. The number of fused-ring (bicyclic) bond motifs is 1. The summed E-state index contributed by atoms with van der Waals surface area (Å²) in [5.41, 5.74) is 0.455. The first-order valence-corrected chi connectivity index (χ1v) is 6.52. The molecule has 0 amide bonds. The minimum atomic E-state index is -0.392. The molecule has 0 saturated carbocycles. The molecule has 5 heteroatoms. The molecule has 0 spiro atoms. The summed E-state index contributed by atoms with van der Waals surface area (Å²) in [7, 11) is 1.36. The minimum absolute atomic E-state index is 0.392. The second kappa shape index (κ2) is 5.66. The monoisotopic (exact) mass is 282 g/mol. The normalized spacial score (nSPS) is 10.5. The first-order valence-electron chi connectivity index (χ1n) is 6.52. The fourth-order valence-corrected chi connectivity index (χ4v) is 2.19. The first kappa shape index (κ1) is 13.2. The Kier molecular flexibility index (Phi) is 3.55. The highest BCUT2D eigenvalue weighted by molar-refractivity contribution is 6.07. The van der Waals surface area contributed by atoms with Crippen LogP contribution in [0.1, 0.15) is 16.1 Å². The van der Waals surface area contributed by atoms with Crippen LogP contribution in [0, 0.1) is 0 Å². The van der Waals surface area contributed by atoms with E-state index in [-0.39, 0.29) is 0 Å². The molecular weight excluding hydrogens is 268 g/mol. The van der Waals surface area contributed by atoms with Gasteiger partial charge in [-0.2, -0.15) is 0 Å². The van der Waals surface area contributed by atoms with Crippen LogP contribution >= 0.6 is 0 Å². The van der Waals surface area contributed by atoms with Gasteiger partial charge < -0.3 is 14.5 Å². The van der Waals surface area contributed by atoms with Crippen molar-refractivity contribution in [2.75, 3.05) is 12.4 Å². The Morgan fingerprint density at radius 3 is 2.76 bits per heavy atom. The number of anilines is 1. The average molecular weight is 282 g/mol. The Morgan fingerprint density at radius 2 is 2.05 bits per heavy atom. The van der Waals surface area contributed by atoms with Gasteiger partial charge in [0.25, 0.3) is 0 Å². The molecule has 1 N–H and O–H groups in total. The van der Waals surface area contributed by atoms with E-state index in [1.54, 1.807) is 6.26 Å². The number of hydrogen-bond acceptors (Lipinski definition) is 5. The number of rotatable bonds is 4. The van der Waals surface area contributed by atoms with Crippen LogP contribution < -0.4 is 5.32 Å². The van der Waals surface area contributed by atoms with Crippen LogP contribution in [-0.4, -0.2) is 18.1 Å². The second-order valence-corrected chi connectivity index (χ2v) is 4.49. The van der Waals surface area contributed by atoms with Gasteiger partial charge in [0.1, 0.15) is 11.6 Å². The summed E-state index contributed by atoms with van der Waals surface area (Å²) >= 11 is 0. The van der Waals surface area contributed by atoms with Crippen molar-refractivity contribution in [3.63, 3.8) is 0 Å². The summed E-state index contributed by atoms with van der Waals surface area (Å²) in [6, 6.07) is 11.3. The van der Waals surface area contributed by atoms with Gasteiger partial charge >= 0.3 is 5.97 Å². The number of hydrogen-bond donors (Lipinski definition) is 1. The van der Waals surface area contributed by atoms with Gasteiger partial charge in [0.05, 0.1) is 25.5 Å². The minimum Gasteiger partial charge on any atom is -0.467 e. The van der Waals surface area contributed by atoms with Crippen molar-refractivity contribution in [3.8, 4) is 0 Å². The Balaban J connectivity index is 1.98. The van der Waals surface area contributed by atoms with Gasteiger partial charge in [-0.25, -0.2) is 9.78 Å². The number of nitrogens with zero attached hydrogens (tertiary/aromatic N) is 1. The molecule has 0 bridgehead atoms. The van der Waals surface area contributed by atoms with Gasteiger partial charge in [-0.1, -0.05) is 24.3 Å². The van der Waals surface area contributed by atoms with E-state index < -0.39 is 5.97 Å². The van der Waals surface area contributed by atoms with Crippen molar-refractivity contribution in [1.29, 1.82) is 0 Å². The molecule has 106 valence electrons. The van der Waals surface area contributed by atoms with Gasteiger partial charge in [0.15, 0.2) is 0 Å². The number of carbonyl (C=O) groups excluding carboxylic acids is 1. The molecule has 0 radical (unpaired) electrons. The third kappa shape index (κ3) is 2.58. The molecule has 0 aliphatic heterocycles. The topological polar surface area (TPSA) is 64.4 Å². The number of nitrogens with one attached hydrogen (secondary N) is 1. The molecule has 1 aromatic carbocycles. The number of ether oxygens (including phenoxy) is 1. The lowest BCUT2D eigenvalue weighted by Gasteiger charge is -2.10.